The van der Waals surface area contributed by atoms with Crippen LogP contribution in [0.4, 0.5) is 0 Å². The molecule has 0 unspecified atom stereocenters. The van der Waals surface area contributed by atoms with E-state index in [-0.39, 0.29) is 10.7 Å². The molecule has 1 rings (SSSR count). The van der Waals surface area contributed by atoms with Gasteiger partial charge in [-0.05, 0) is 6.92 Å². The molecule has 0 atom stereocenters. The lowest BCUT2D eigenvalue weighted by atomic mass is 10.3. The molecule has 4 nitrogen and oxygen atoms in total. The van der Waals surface area contributed by atoms with Crippen LogP contribution in [-0.4, -0.2) is 27.3 Å². The van der Waals surface area contributed by atoms with Crippen LogP contribution >= 0.6 is 11.8 Å². The van der Waals surface area contributed by atoms with Crippen LogP contribution in [-0.2, 0) is 4.74 Å². The third-order valence-corrected chi connectivity index (χ3v) is 2.54. The molecule has 0 saturated heterocycles. The van der Waals surface area contributed by atoms with Crippen molar-refractivity contribution in [2.45, 2.75) is 37.6 Å². The largest absolute Gasteiger partial charge is 0.462 e. The first-order valence-corrected chi connectivity index (χ1v) is 5.92. The van der Waals surface area contributed by atoms with Crippen LogP contribution < -0.4 is 0 Å². The lowest BCUT2D eigenvalue weighted by Crippen LogP contribution is -2.10. The van der Waals surface area contributed by atoms with Crippen molar-refractivity contribution in [1.82, 2.24) is 9.97 Å². The third kappa shape index (κ3) is 4.18. The molecular formula is C11H16N2O2S. The number of thioether (sulfide) groups is 1. The standard InChI is InChI=1S/C11H16N2O2S/c1-5-15-9(14)8-6-12-10(13-7-8)16-11(2,3)4/h6-7H,5H2,1-4H3. The van der Waals surface area contributed by atoms with Crippen LogP contribution in [0.25, 0.3) is 0 Å². The highest BCUT2D eigenvalue weighted by atomic mass is 32.2. The fraction of sp³-hybridized carbons (Fsp3) is 0.545. The lowest BCUT2D eigenvalue weighted by molar-refractivity contribution is 0.0525. The van der Waals surface area contributed by atoms with Gasteiger partial charge in [0.1, 0.15) is 0 Å². The van der Waals surface area contributed by atoms with Crippen LogP contribution in [0.3, 0.4) is 0 Å². The lowest BCUT2D eigenvalue weighted by Gasteiger charge is -2.15. The van der Waals surface area contributed by atoms with E-state index in [4.69, 9.17) is 4.74 Å². The Balaban J connectivity index is 2.72. The topological polar surface area (TPSA) is 52.1 Å². The predicted octanol–water partition coefficient (Wildman–Crippen LogP) is 2.54. The van der Waals surface area contributed by atoms with Gasteiger partial charge in [0.2, 0.25) is 0 Å². The van der Waals surface area contributed by atoms with Gasteiger partial charge in [-0.1, -0.05) is 32.5 Å². The molecule has 0 aliphatic heterocycles. The van der Waals surface area contributed by atoms with E-state index in [1.54, 1.807) is 18.7 Å². The molecule has 0 aliphatic rings. The zero-order valence-corrected chi connectivity index (χ0v) is 10.8. The fourth-order valence-corrected chi connectivity index (χ4v) is 1.72. The van der Waals surface area contributed by atoms with Crippen molar-refractivity contribution in [3.8, 4) is 0 Å². The van der Waals surface area contributed by atoms with Crippen molar-refractivity contribution in [3.05, 3.63) is 18.0 Å². The molecule has 0 spiro atoms. The van der Waals surface area contributed by atoms with E-state index in [0.29, 0.717) is 17.3 Å². The minimum absolute atomic E-state index is 0.0610. The van der Waals surface area contributed by atoms with Crippen molar-refractivity contribution in [3.63, 3.8) is 0 Å². The number of nitrogens with zero attached hydrogens (tertiary/aromatic N) is 2. The number of hydrogen-bond acceptors (Lipinski definition) is 5. The van der Waals surface area contributed by atoms with Crippen LogP contribution in [0.2, 0.25) is 0 Å². The van der Waals surface area contributed by atoms with E-state index in [2.05, 4.69) is 30.7 Å². The van der Waals surface area contributed by atoms with Gasteiger partial charge in [-0.25, -0.2) is 14.8 Å². The summed E-state index contributed by atoms with van der Waals surface area (Å²) < 4.78 is 4.90. The second-order valence-electron chi connectivity index (χ2n) is 4.19. The molecule has 1 aromatic rings. The molecular weight excluding hydrogens is 224 g/mol. The van der Waals surface area contributed by atoms with E-state index >= 15 is 0 Å². The second kappa shape index (κ2) is 5.30. The molecule has 1 aromatic heterocycles. The Morgan fingerprint density at radius 3 is 2.38 bits per heavy atom. The maximum atomic E-state index is 11.3. The van der Waals surface area contributed by atoms with Gasteiger partial charge in [-0.2, -0.15) is 0 Å². The number of hydrogen-bond donors (Lipinski definition) is 0. The third-order valence-electron chi connectivity index (χ3n) is 1.54. The molecule has 0 bridgehead atoms. The zero-order chi connectivity index (χ0) is 12.2. The monoisotopic (exact) mass is 240 g/mol. The maximum absolute atomic E-state index is 11.3. The summed E-state index contributed by atoms with van der Waals surface area (Å²) in [6, 6.07) is 0. The molecule has 16 heavy (non-hydrogen) atoms. The average Bonchev–Trinajstić information content (AvgIpc) is 2.16. The summed E-state index contributed by atoms with van der Waals surface area (Å²) in [4.78, 5) is 19.6. The summed E-state index contributed by atoms with van der Waals surface area (Å²) in [6.45, 7) is 8.38. The van der Waals surface area contributed by atoms with Crippen molar-refractivity contribution in [2.24, 2.45) is 0 Å². The highest BCUT2D eigenvalue weighted by molar-refractivity contribution is 8.00. The number of esters is 1. The van der Waals surface area contributed by atoms with Crippen LogP contribution in [0.5, 0.6) is 0 Å². The molecule has 0 aliphatic carbocycles. The van der Waals surface area contributed by atoms with E-state index in [1.807, 2.05) is 0 Å². The molecule has 88 valence electrons. The second-order valence-corrected chi connectivity index (χ2v) is 5.98. The van der Waals surface area contributed by atoms with E-state index in [1.165, 1.54) is 12.4 Å². The molecule has 0 radical (unpaired) electrons. The Bertz CT molecular complexity index is 357. The van der Waals surface area contributed by atoms with Crippen LogP contribution in [0, 0.1) is 0 Å². The van der Waals surface area contributed by atoms with E-state index in [0.717, 1.165) is 0 Å². The fourth-order valence-electron chi connectivity index (χ4n) is 0.963. The Hall–Kier alpha value is -1.10. The molecule has 0 aromatic carbocycles. The minimum Gasteiger partial charge on any atom is -0.462 e. The highest BCUT2D eigenvalue weighted by Crippen LogP contribution is 2.28. The molecule has 0 N–H and O–H groups in total. The van der Waals surface area contributed by atoms with Crippen LogP contribution in [0.1, 0.15) is 38.1 Å². The Morgan fingerprint density at radius 2 is 1.94 bits per heavy atom. The average molecular weight is 240 g/mol. The summed E-state index contributed by atoms with van der Waals surface area (Å²) in [7, 11) is 0. The van der Waals surface area contributed by atoms with Gasteiger partial charge in [-0.3, -0.25) is 0 Å². The summed E-state index contributed by atoms with van der Waals surface area (Å²) >= 11 is 1.56. The number of aromatic nitrogens is 2. The predicted molar refractivity (Wildman–Crippen MR) is 63.6 cm³/mol. The summed E-state index contributed by atoms with van der Waals surface area (Å²) in [6.07, 6.45) is 3.00. The van der Waals surface area contributed by atoms with Gasteiger partial charge in [0, 0.05) is 17.1 Å². The quantitative estimate of drug-likeness (QED) is 0.461. The molecule has 0 amide bonds. The molecule has 5 heteroatoms. The Kier molecular flexibility index (Phi) is 4.29. The van der Waals surface area contributed by atoms with Gasteiger partial charge < -0.3 is 4.74 Å². The number of rotatable bonds is 3. The van der Waals surface area contributed by atoms with Crippen molar-refractivity contribution in [2.75, 3.05) is 6.61 Å². The number of carbonyl (C=O) groups is 1. The molecule has 1 heterocycles. The zero-order valence-electron chi connectivity index (χ0n) is 9.98. The highest BCUT2D eigenvalue weighted by Gasteiger charge is 2.15. The first-order chi connectivity index (χ1) is 7.42. The minimum atomic E-state index is -0.380. The van der Waals surface area contributed by atoms with Crippen molar-refractivity contribution < 1.29 is 9.53 Å². The van der Waals surface area contributed by atoms with Gasteiger partial charge in [0.05, 0.1) is 12.2 Å². The van der Waals surface area contributed by atoms with Gasteiger partial charge in [-0.15, -0.1) is 0 Å². The van der Waals surface area contributed by atoms with Gasteiger partial charge >= 0.3 is 5.97 Å². The van der Waals surface area contributed by atoms with E-state index < -0.39 is 0 Å². The van der Waals surface area contributed by atoms with E-state index in [9.17, 15) is 4.79 Å². The normalized spacial score (nSPS) is 11.2. The van der Waals surface area contributed by atoms with Gasteiger partial charge in [0.15, 0.2) is 5.16 Å². The van der Waals surface area contributed by atoms with Crippen LogP contribution in [0.15, 0.2) is 17.6 Å². The first-order valence-electron chi connectivity index (χ1n) is 5.10. The Labute approximate surface area is 99.8 Å². The maximum Gasteiger partial charge on any atom is 0.341 e. The number of carbonyl (C=O) groups excluding carboxylic acids is 1. The summed E-state index contributed by atoms with van der Waals surface area (Å²) in [5.74, 6) is -0.380. The molecule has 0 fully saturated rings. The van der Waals surface area contributed by atoms with Crippen molar-refractivity contribution in [1.29, 1.82) is 0 Å². The summed E-state index contributed by atoms with van der Waals surface area (Å²) in [5, 5.41) is 0.667. The molecule has 0 saturated carbocycles. The SMILES string of the molecule is CCOC(=O)c1cnc(SC(C)(C)C)nc1. The number of ether oxygens (including phenoxy) is 1. The van der Waals surface area contributed by atoms with Crippen molar-refractivity contribution >= 4 is 17.7 Å². The summed E-state index contributed by atoms with van der Waals surface area (Å²) in [5.41, 5.74) is 0.389. The Morgan fingerprint density at radius 1 is 1.38 bits per heavy atom. The smallest absolute Gasteiger partial charge is 0.341 e. The first kappa shape index (κ1) is 13.0. The van der Waals surface area contributed by atoms with Gasteiger partial charge in [0.25, 0.3) is 0 Å².